The van der Waals surface area contributed by atoms with Crippen LogP contribution in [0.5, 0.6) is 0 Å². The number of nitrogen functional groups attached to an aromatic ring is 1. The third-order valence-electron chi connectivity index (χ3n) is 1.93. The third kappa shape index (κ3) is 1.89. The van der Waals surface area contributed by atoms with E-state index in [9.17, 15) is 4.39 Å². The molecule has 0 amide bonds. The molecule has 0 saturated carbocycles. The van der Waals surface area contributed by atoms with E-state index in [0.717, 1.165) is 6.20 Å². The number of nitrogens with two attached hydrogens (primary N) is 1. The Bertz CT molecular complexity index is 502. The van der Waals surface area contributed by atoms with Crippen LogP contribution in [0.1, 0.15) is 0 Å². The van der Waals surface area contributed by atoms with Gasteiger partial charge in [0.1, 0.15) is 5.69 Å². The van der Waals surface area contributed by atoms with E-state index in [2.05, 4.69) is 9.97 Å². The standard InChI is InChI=1S/C10H7ClFN3/c11-10-14-5-7(12)9(15-10)6-3-1-2-4-8(6)13/h1-5H,13H2. The quantitative estimate of drug-likeness (QED) is 0.597. The highest BCUT2D eigenvalue weighted by Crippen LogP contribution is 2.26. The van der Waals surface area contributed by atoms with Crippen molar-refractivity contribution in [2.24, 2.45) is 0 Å². The van der Waals surface area contributed by atoms with E-state index in [0.29, 0.717) is 11.3 Å². The molecular weight excluding hydrogens is 217 g/mol. The zero-order chi connectivity index (χ0) is 10.8. The number of rotatable bonds is 1. The van der Waals surface area contributed by atoms with Crippen LogP contribution in [0.25, 0.3) is 11.3 Å². The summed E-state index contributed by atoms with van der Waals surface area (Å²) in [6.07, 6.45) is 1.02. The van der Waals surface area contributed by atoms with Gasteiger partial charge in [0.15, 0.2) is 5.82 Å². The van der Waals surface area contributed by atoms with Crippen LogP contribution in [0.4, 0.5) is 10.1 Å². The molecule has 0 spiro atoms. The van der Waals surface area contributed by atoms with Gasteiger partial charge in [-0.1, -0.05) is 18.2 Å². The number of benzene rings is 1. The predicted octanol–water partition coefficient (Wildman–Crippen LogP) is 2.52. The van der Waals surface area contributed by atoms with E-state index in [1.165, 1.54) is 0 Å². The average Bonchev–Trinajstić information content (AvgIpc) is 2.23. The number of anilines is 1. The van der Waals surface area contributed by atoms with Crippen LogP contribution >= 0.6 is 11.6 Å². The zero-order valence-electron chi connectivity index (χ0n) is 7.61. The molecule has 0 radical (unpaired) electrons. The SMILES string of the molecule is Nc1ccccc1-c1nc(Cl)ncc1F. The van der Waals surface area contributed by atoms with Crippen LogP contribution in [0.15, 0.2) is 30.5 Å². The van der Waals surface area contributed by atoms with Crippen LogP contribution < -0.4 is 5.73 Å². The molecule has 1 aromatic heterocycles. The molecule has 0 aliphatic carbocycles. The van der Waals surface area contributed by atoms with Crippen LogP contribution in [-0.4, -0.2) is 9.97 Å². The molecule has 0 saturated heterocycles. The lowest BCUT2D eigenvalue weighted by molar-refractivity contribution is 0.618. The molecule has 0 unspecified atom stereocenters. The van der Waals surface area contributed by atoms with E-state index in [-0.39, 0.29) is 11.0 Å². The summed E-state index contributed by atoms with van der Waals surface area (Å²) < 4.78 is 13.4. The first-order chi connectivity index (χ1) is 7.18. The van der Waals surface area contributed by atoms with Crippen molar-refractivity contribution in [3.63, 3.8) is 0 Å². The summed E-state index contributed by atoms with van der Waals surface area (Å²) >= 11 is 5.59. The number of halogens is 2. The minimum absolute atomic E-state index is 0.00495. The number of para-hydroxylation sites is 1. The Morgan fingerprint density at radius 3 is 2.73 bits per heavy atom. The van der Waals surface area contributed by atoms with Gasteiger partial charge in [-0.2, -0.15) is 0 Å². The lowest BCUT2D eigenvalue weighted by Crippen LogP contribution is -1.96. The van der Waals surface area contributed by atoms with E-state index in [4.69, 9.17) is 17.3 Å². The van der Waals surface area contributed by atoms with Crippen molar-refractivity contribution >= 4 is 17.3 Å². The first kappa shape index (κ1) is 9.86. The summed E-state index contributed by atoms with van der Waals surface area (Å²) in [7, 11) is 0. The first-order valence-corrected chi connectivity index (χ1v) is 4.59. The van der Waals surface area contributed by atoms with Gasteiger partial charge < -0.3 is 5.73 Å². The van der Waals surface area contributed by atoms with Gasteiger partial charge in [0.2, 0.25) is 5.28 Å². The lowest BCUT2D eigenvalue weighted by atomic mass is 10.1. The second kappa shape index (κ2) is 3.82. The van der Waals surface area contributed by atoms with Gasteiger partial charge in [0, 0.05) is 11.3 Å². The Balaban J connectivity index is 2.64. The van der Waals surface area contributed by atoms with Gasteiger partial charge in [-0.05, 0) is 17.7 Å². The van der Waals surface area contributed by atoms with Crippen molar-refractivity contribution in [2.75, 3.05) is 5.73 Å². The van der Waals surface area contributed by atoms with Crippen LogP contribution in [0.2, 0.25) is 5.28 Å². The smallest absolute Gasteiger partial charge is 0.223 e. The van der Waals surface area contributed by atoms with Crippen molar-refractivity contribution in [1.82, 2.24) is 9.97 Å². The number of hydrogen-bond acceptors (Lipinski definition) is 3. The highest BCUT2D eigenvalue weighted by Gasteiger charge is 2.10. The number of aromatic nitrogens is 2. The molecular formula is C10H7ClFN3. The highest BCUT2D eigenvalue weighted by atomic mass is 35.5. The molecule has 3 nitrogen and oxygen atoms in total. The van der Waals surface area contributed by atoms with E-state index in [1.54, 1.807) is 24.3 Å². The normalized spacial score (nSPS) is 10.3. The summed E-state index contributed by atoms with van der Waals surface area (Å²) in [6.45, 7) is 0. The molecule has 0 aliphatic rings. The molecule has 0 atom stereocenters. The molecule has 0 aliphatic heterocycles. The molecule has 5 heteroatoms. The fourth-order valence-corrected chi connectivity index (χ4v) is 1.38. The molecule has 0 bridgehead atoms. The van der Waals surface area contributed by atoms with Crippen LogP contribution in [0, 0.1) is 5.82 Å². The summed E-state index contributed by atoms with van der Waals surface area (Å²) in [5.74, 6) is -0.544. The topological polar surface area (TPSA) is 51.8 Å². The fraction of sp³-hybridized carbons (Fsp3) is 0. The van der Waals surface area contributed by atoms with Crippen molar-refractivity contribution in [3.05, 3.63) is 41.6 Å². The minimum atomic E-state index is -0.544. The fourth-order valence-electron chi connectivity index (χ4n) is 1.25. The predicted molar refractivity (Wildman–Crippen MR) is 56.8 cm³/mol. The van der Waals surface area contributed by atoms with Crippen molar-refractivity contribution in [3.8, 4) is 11.3 Å². The van der Waals surface area contributed by atoms with Crippen LogP contribution in [0.3, 0.4) is 0 Å². The molecule has 2 aromatic rings. The Morgan fingerprint density at radius 1 is 1.27 bits per heavy atom. The summed E-state index contributed by atoms with van der Waals surface area (Å²) in [6, 6.07) is 6.86. The van der Waals surface area contributed by atoms with Gasteiger partial charge in [-0.3, -0.25) is 0 Å². The maximum Gasteiger partial charge on any atom is 0.223 e. The Morgan fingerprint density at radius 2 is 2.00 bits per heavy atom. The first-order valence-electron chi connectivity index (χ1n) is 4.21. The monoisotopic (exact) mass is 223 g/mol. The van der Waals surface area contributed by atoms with Crippen molar-refractivity contribution in [2.45, 2.75) is 0 Å². The zero-order valence-corrected chi connectivity index (χ0v) is 8.37. The van der Waals surface area contributed by atoms with Gasteiger partial charge >= 0.3 is 0 Å². The number of nitrogens with zero attached hydrogens (tertiary/aromatic N) is 2. The van der Waals surface area contributed by atoms with Crippen LogP contribution in [-0.2, 0) is 0 Å². The largest absolute Gasteiger partial charge is 0.398 e. The summed E-state index contributed by atoms with van der Waals surface area (Å²) in [4.78, 5) is 7.34. The van der Waals surface area contributed by atoms with Gasteiger partial charge in [-0.15, -0.1) is 0 Å². The molecule has 2 N–H and O–H groups in total. The van der Waals surface area contributed by atoms with Gasteiger partial charge in [-0.25, -0.2) is 14.4 Å². The van der Waals surface area contributed by atoms with E-state index < -0.39 is 5.82 Å². The Kier molecular flexibility index (Phi) is 2.51. The van der Waals surface area contributed by atoms with Crippen molar-refractivity contribution in [1.29, 1.82) is 0 Å². The lowest BCUT2D eigenvalue weighted by Gasteiger charge is -2.05. The van der Waals surface area contributed by atoms with E-state index in [1.807, 2.05) is 0 Å². The second-order valence-corrected chi connectivity index (χ2v) is 3.26. The molecule has 0 fully saturated rings. The van der Waals surface area contributed by atoms with Gasteiger partial charge in [0.05, 0.1) is 6.20 Å². The maximum absolute atomic E-state index is 13.4. The van der Waals surface area contributed by atoms with E-state index >= 15 is 0 Å². The summed E-state index contributed by atoms with van der Waals surface area (Å²) in [5, 5.41) is -0.00495. The second-order valence-electron chi connectivity index (χ2n) is 2.92. The molecule has 1 aromatic carbocycles. The Labute approximate surface area is 90.7 Å². The number of hydrogen-bond donors (Lipinski definition) is 1. The summed E-state index contributed by atoms with van der Waals surface area (Å²) in [5.41, 5.74) is 6.78. The minimum Gasteiger partial charge on any atom is -0.398 e. The highest BCUT2D eigenvalue weighted by molar-refractivity contribution is 6.28. The average molecular weight is 224 g/mol. The maximum atomic E-state index is 13.4. The van der Waals surface area contributed by atoms with Gasteiger partial charge in [0.25, 0.3) is 0 Å². The molecule has 1 heterocycles. The van der Waals surface area contributed by atoms with Crippen molar-refractivity contribution < 1.29 is 4.39 Å². The molecule has 15 heavy (non-hydrogen) atoms. The molecule has 76 valence electrons. The third-order valence-corrected chi connectivity index (χ3v) is 2.11. The Hall–Kier alpha value is -1.68. The molecule has 2 rings (SSSR count).